The van der Waals surface area contributed by atoms with E-state index < -0.39 is 0 Å². The average molecular weight is 313 g/mol. The highest BCUT2D eigenvalue weighted by molar-refractivity contribution is 5.51. The predicted molar refractivity (Wildman–Crippen MR) is 96.1 cm³/mol. The third-order valence-corrected chi connectivity index (χ3v) is 3.39. The molecule has 0 aliphatic rings. The lowest BCUT2D eigenvalue weighted by molar-refractivity contribution is 0.248. The van der Waals surface area contributed by atoms with E-state index in [1.54, 1.807) is 0 Å². The van der Waals surface area contributed by atoms with Crippen molar-refractivity contribution in [2.24, 2.45) is 5.41 Å². The van der Waals surface area contributed by atoms with Crippen molar-refractivity contribution < 1.29 is 9.47 Å². The molecule has 0 saturated heterocycles. The van der Waals surface area contributed by atoms with Crippen LogP contribution in [-0.4, -0.2) is 13.2 Å². The Hall–Kier alpha value is -2.16. The van der Waals surface area contributed by atoms with Crippen molar-refractivity contribution in [2.45, 2.75) is 33.6 Å². The zero-order valence-corrected chi connectivity index (χ0v) is 14.3. The van der Waals surface area contributed by atoms with Crippen molar-refractivity contribution in [2.75, 3.05) is 18.9 Å². The van der Waals surface area contributed by atoms with Gasteiger partial charge in [-0.15, -0.1) is 0 Å². The Bertz CT molecular complexity index is 600. The van der Waals surface area contributed by atoms with Crippen LogP contribution < -0.4 is 15.2 Å². The highest BCUT2D eigenvalue weighted by Gasteiger charge is 2.10. The van der Waals surface area contributed by atoms with E-state index >= 15 is 0 Å². The van der Waals surface area contributed by atoms with Crippen LogP contribution in [0.2, 0.25) is 0 Å². The number of rotatable bonds is 7. The molecular formula is C20H27NO2. The summed E-state index contributed by atoms with van der Waals surface area (Å²) in [5, 5.41) is 0. The number of para-hydroxylation sites is 2. The van der Waals surface area contributed by atoms with Gasteiger partial charge in [0.05, 0.1) is 18.9 Å². The molecule has 0 aliphatic heterocycles. The third-order valence-electron chi connectivity index (χ3n) is 3.39. The van der Waals surface area contributed by atoms with Crippen LogP contribution in [0.5, 0.6) is 11.5 Å². The summed E-state index contributed by atoms with van der Waals surface area (Å²) < 4.78 is 11.4. The first-order valence-electron chi connectivity index (χ1n) is 8.13. The summed E-state index contributed by atoms with van der Waals surface area (Å²) in [7, 11) is 0. The Morgan fingerprint density at radius 3 is 2.17 bits per heavy atom. The summed E-state index contributed by atoms with van der Waals surface area (Å²) in [6, 6.07) is 15.9. The van der Waals surface area contributed by atoms with Gasteiger partial charge in [-0.1, -0.05) is 45.0 Å². The first kappa shape index (κ1) is 17.2. The van der Waals surface area contributed by atoms with Gasteiger partial charge >= 0.3 is 0 Å². The van der Waals surface area contributed by atoms with Crippen molar-refractivity contribution >= 4 is 5.69 Å². The molecule has 2 aromatic rings. The van der Waals surface area contributed by atoms with Gasteiger partial charge in [-0.3, -0.25) is 0 Å². The van der Waals surface area contributed by atoms with E-state index in [1.165, 1.54) is 5.56 Å². The molecule has 0 radical (unpaired) electrons. The fraction of sp³-hybridized carbons (Fsp3) is 0.400. The molecule has 124 valence electrons. The summed E-state index contributed by atoms with van der Waals surface area (Å²) >= 11 is 0. The lowest BCUT2D eigenvalue weighted by Gasteiger charge is -2.18. The fourth-order valence-electron chi connectivity index (χ4n) is 2.36. The molecule has 0 aromatic heterocycles. The van der Waals surface area contributed by atoms with E-state index in [0.717, 1.165) is 24.3 Å². The molecule has 0 fully saturated rings. The molecule has 3 heteroatoms. The van der Waals surface area contributed by atoms with Gasteiger partial charge in [0, 0.05) is 6.42 Å². The number of benzene rings is 2. The molecule has 0 heterocycles. The summed E-state index contributed by atoms with van der Waals surface area (Å²) in [4.78, 5) is 0. The second kappa shape index (κ2) is 7.91. The topological polar surface area (TPSA) is 44.5 Å². The second-order valence-electron chi connectivity index (χ2n) is 6.97. The van der Waals surface area contributed by atoms with Crippen LogP contribution in [0.15, 0.2) is 48.5 Å². The van der Waals surface area contributed by atoms with E-state index in [0.29, 0.717) is 24.3 Å². The van der Waals surface area contributed by atoms with Crippen LogP contribution in [-0.2, 0) is 6.42 Å². The van der Waals surface area contributed by atoms with Gasteiger partial charge in [-0.2, -0.15) is 0 Å². The Morgan fingerprint density at radius 1 is 0.870 bits per heavy atom. The van der Waals surface area contributed by atoms with Gasteiger partial charge in [0.2, 0.25) is 0 Å². The summed E-state index contributed by atoms with van der Waals surface area (Å²) in [6.45, 7) is 7.96. The second-order valence-corrected chi connectivity index (χ2v) is 6.97. The number of nitrogen functional groups attached to an aromatic ring is 1. The molecule has 0 aliphatic carbocycles. The van der Waals surface area contributed by atoms with E-state index in [-0.39, 0.29) is 0 Å². The normalized spacial score (nSPS) is 11.3. The largest absolute Gasteiger partial charge is 0.493 e. The van der Waals surface area contributed by atoms with Crippen molar-refractivity contribution in [3.8, 4) is 11.5 Å². The van der Waals surface area contributed by atoms with E-state index in [2.05, 4.69) is 32.9 Å². The average Bonchev–Trinajstić information content (AvgIpc) is 2.49. The molecule has 2 aromatic carbocycles. The first-order valence-corrected chi connectivity index (χ1v) is 8.13. The molecule has 3 nitrogen and oxygen atoms in total. The van der Waals surface area contributed by atoms with Crippen LogP contribution >= 0.6 is 0 Å². The Morgan fingerprint density at radius 2 is 1.52 bits per heavy atom. The van der Waals surface area contributed by atoms with Gasteiger partial charge in [0.15, 0.2) is 0 Å². The van der Waals surface area contributed by atoms with Crippen LogP contribution in [0.25, 0.3) is 0 Å². The van der Waals surface area contributed by atoms with Crippen molar-refractivity contribution in [1.29, 1.82) is 0 Å². The van der Waals surface area contributed by atoms with Crippen LogP contribution in [0.4, 0.5) is 5.69 Å². The van der Waals surface area contributed by atoms with Crippen LogP contribution in [0, 0.1) is 5.41 Å². The minimum absolute atomic E-state index is 0.305. The lowest BCUT2D eigenvalue weighted by Crippen LogP contribution is -2.09. The highest BCUT2D eigenvalue weighted by atomic mass is 16.5. The predicted octanol–water partition coefficient (Wildman–Crippen LogP) is 4.71. The smallest absolute Gasteiger partial charge is 0.142 e. The molecule has 23 heavy (non-hydrogen) atoms. The number of hydrogen-bond acceptors (Lipinski definition) is 3. The highest BCUT2D eigenvalue weighted by Crippen LogP contribution is 2.22. The lowest BCUT2D eigenvalue weighted by atomic mass is 9.88. The molecule has 2 N–H and O–H groups in total. The van der Waals surface area contributed by atoms with Crippen molar-refractivity contribution in [3.05, 3.63) is 54.1 Å². The van der Waals surface area contributed by atoms with Gasteiger partial charge in [0.1, 0.15) is 11.5 Å². The molecule has 0 saturated carbocycles. The minimum Gasteiger partial charge on any atom is -0.493 e. The number of ether oxygens (including phenoxy) is 2. The quantitative estimate of drug-likeness (QED) is 0.595. The molecular weight excluding hydrogens is 286 g/mol. The maximum absolute atomic E-state index is 5.83. The van der Waals surface area contributed by atoms with E-state index in [4.69, 9.17) is 15.2 Å². The number of nitrogens with two attached hydrogens (primary N) is 1. The van der Waals surface area contributed by atoms with Crippen LogP contribution in [0.1, 0.15) is 32.8 Å². The van der Waals surface area contributed by atoms with Gasteiger partial charge < -0.3 is 15.2 Å². The Labute approximate surface area is 139 Å². The maximum atomic E-state index is 5.83. The van der Waals surface area contributed by atoms with Gasteiger partial charge in [0.25, 0.3) is 0 Å². The van der Waals surface area contributed by atoms with Crippen LogP contribution in [0.3, 0.4) is 0 Å². The maximum Gasteiger partial charge on any atom is 0.142 e. The Balaban J connectivity index is 1.69. The SMILES string of the molecule is CC(C)(C)Cc1ccc(OCCCOc2ccccc2N)cc1. The summed E-state index contributed by atoms with van der Waals surface area (Å²) in [5.74, 6) is 1.64. The fourth-order valence-corrected chi connectivity index (χ4v) is 2.36. The standard InChI is InChI=1S/C20H27NO2/c1-20(2,3)15-16-9-11-17(12-10-16)22-13-6-14-23-19-8-5-4-7-18(19)21/h4-5,7-12H,6,13-15,21H2,1-3H3. The molecule has 2 rings (SSSR count). The van der Waals surface area contributed by atoms with Crippen molar-refractivity contribution in [1.82, 2.24) is 0 Å². The number of hydrogen-bond donors (Lipinski definition) is 1. The van der Waals surface area contributed by atoms with Crippen molar-refractivity contribution in [3.63, 3.8) is 0 Å². The first-order chi connectivity index (χ1) is 10.9. The van der Waals surface area contributed by atoms with E-state index in [9.17, 15) is 0 Å². The minimum atomic E-state index is 0.305. The monoisotopic (exact) mass is 313 g/mol. The Kier molecular flexibility index (Phi) is 5.91. The molecule has 0 unspecified atom stereocenters. The molecule has 0 atom stereocenters. The summed E-state index contributed by atoms with van der Waals surface area (Å²) in [6.07, 6.45) is 1.89. The molecule has 0 bridgehead atoms. The number of anilines is 1. The van der Waals surface area contributed by atoms with Gasteiger partial charge in [-0.05, 0) is 41.7 Å². The van der Waals surface area contributed by atoms with Gasteiger partial charge in [-0.25, -0.2) is 0 Å². The zero-order valence-electron chi connectivity index (χ0n) is 14.3. The van der Waals surface area contributed by atoms with E-state index in [1.807, 2.05) is 36.4 Å². The molecule has 0 spiro atoms. The summed E-state index contributed by atoms with van der Waals surface area (Å²) in [5.41, 5.74) is 8.14. The third kappa shape index (κ3) is 6.23. The zero-order chi connectivity index (χ0) is 16.7. The molecule has 0 amide bonds.